The van der Waals surface area contributed by atoms with Gasteiger partial charge in [0.15, 0.2) is 0 Å². The first kappa shape index (κ1) is 24.3. The van der Waals surface area contributed by atoms with Crippen molar-refractivity contribution >= 4 is 28.6 Å². The van der Waals surface area contributed by atoms with E-state index in [9.17, 15) is 4.79 Å². The number of benzene rings is 2. The predicted molar refractivity (Wildman–Crippen MR) is 140 cm³/mol. The van der Waals surface area contributed by atoms with Crippen molar-refractivity contribution in [3.63, 3.8) is 0 Å². The molecule has 2 aromatic carbocycles. The summed E-state index contributed by atoms with van der Waals surface area (Å²) in [5.41, 5.74) is 6.75. The molecule has 0 spiro atoms. The van der Waals surface area contributed by atoms with Gasteiger partial charge in [-0.3, -0.25) is 4.79 Å². The van der Waals surface area contributed by atoms with Gasteiger partial charge in [0.25, 0.3) is 0 Å². The maximum atomic E-state index is 12.0. The number of anilines is 2. The van der Waals surface area contributed by atoms with Gasteiger partial charge >= 0.3 is 5.97 Å². The molecule has 34 heavy (non-hydrogen) atoms. The minimum absolute atomic E-state index is 0.228. The molecule has 1 aliphatic carbocycles. The van der Waals surface area contributed by atoms with Crippen molar-refractivity contribution in [2.24, 2.45) is 11.3 Å². The van der Waals surface area contributed by atoms with Gasteiger partial charge in [-0.05, 0) is 84.4 Å². The highest BCUT2D eigenvalue weighted by Gasteiger charge is 2.34. The van der Waals surface area contributed by atoms with Gasteiger partial charge in [0, 0.05) is 11.7 Å². The summed E-state index contributed by atoms with van der Waals surface area (Å²) in [5.74, 6) is 1.80. The Morgan fingerprint density at radius 1 is 1.21 bits per heavy atom. The molecule has 0 unspecified atom stereocenters. The van der Waals surface area contributed by atoms with Gasteiger partial charge in [-0.1, -0.05) is 46.8 Å². The molecule has 2 atom stereocenters. The van der Waals surface area contributed by atoms with Crippen molar-refractivity contribution in [2.75, 3.05) is 12.4 Å². The summed E-state index contributed by atoms with van der Waals surface area (Å²) in [6.45, 7) is 13.6. The molecule has 4 rings (SSSR count). The van der Waals surface area contributed by atoms with Crippen molar-refractivity contribution in [1.29, 1.82) is 0 Å². The first-order valence-corrected chi connectivity index (χ1v) is 12.5. The number of aromatic nitrogens is 2. The molecule has 0 aliphatic heterocycles. The highest BCUT2D eigenvalue weighted by molar-refractivity contribution is 5.83. The van der Waals surface area contributed by atoms with Crippen LogP contribution in [0.5, 0.6) is 0 Å². The molecule has 1 N–H and O–H groups in total. The lowest BCUT2D eigenvalue weighted by Crippen LogP contribution is -2.29. The minimum Gasteiger partial charge on any atom is -0.469 e. The quantitative estimate of drug-likeness (QED) is 0.391. The number of methoxy groups -OCH3 is 1. The zero-order valence-corrected chi connectivity index (χ0v) is 21.7. The molecule has 0 saturated heterocycles. The van der Waals surface area contributed by atoms with Gasteiger partial charge in [0.1, 0.15) is 0 Å². The Hall–Kier alpha value is -2.82. The van der Waals surface area contributed by atoms with Crippen LogP contribution in [0.4, 0.5) is 11.6 Å². The monoisotopic (exact) mass is 461 g/mol. The first-order chi connectivity index (χ1) is 16.1. The number of fused-ring (bicyclic) bond motifs is 1. The normalized spacial score (nSPS) is 20.0. The molecule has 1 fully saturated rings. The van der Waals surface area contributed by atoms with E-state index in [1.165, 1.54) is 19.1 Å². The van der Waals surface area contributed by atoms with Crippen molar-refractivity contribution in [3.05, 3.63) is 53.1 Å². The molecule has 1 saturated carbocycles. The van der Waals surface area contributed by atoms with Gasteiger partial charge < -0.3 is 14.6 Å². The van der Waals surface area contributed by atoms with E-state index in [1.807, 2.05) is 0 Å². The van der Waals surface area contributed by atoms with Crippen LogP contribution in [-0.2, 0) is 16.0 Å². The Morgan fingerprint density at radius 3 is 2.53 bits per heavy atom. The van der Waals surface area contributed by atoms with Crippen LogP contribution in [0.2, 0.25) is 0 Å². The Labute approximate surface area is 203 Å². The average molecular weight is 462 g/mol. The number of ether oxygens (including phenoxy) is 1. The van der Waals surface area contributed by atoms with Crippen LogP contribution in [0.25, 0.3) is 11.0 Å². The van der Waals surface area contributed by atoms with Crippen molar-refractivity contribution in [2.45, 2.75) is 79.2 Å². The second kappa shape index (κ2) is 9.44. The van der Waals surface area contributed by atoms with E-state index in [4.69, 9.17) is 9.72 Å². The van der Waals surface area contributed by atoms with Gasteiger partial charge in [-0.2, -0.15) is 0 Å². The zero-order chi connectivity index (χ0) is 24.6. The molecule has 0 radical (unpaired) electrons. The molecule has 0 bridgehead atoms. The third-order valence-electron chi connectivity index (χ3n) is 7.27. The van der Waals surface area contributed by atoms with Crippen molar-refractivity contribution in [1.82, 2.24) is 9.55 Å². The van der Waals surface area contributed by atoms with Crippen LogP contribution in [0.1, 0.15) is 82.5 Å². The lowest BCUT2D eigenvalue weighted by molar-refractivity contribution is -0.139. The number of esters is 1. The molecular formula is C29H39N3O2. The maximum absolute atomic E-state index is 12.0. The molecule has 1 heterocycles. The molecule has 5 nitrogen and oxygen atoms in total. The van der Waals surface area contributed by atoms with E-state index >= 15 is 0 Å². The summed E-state index contributed by atoms with van der Waals surface area (Å²) in [5, 5.41) is 3.62. The Balaban J connectivity index is 1.80. The van der Waals surface area contributed by atoms with E-state index in [1.54, 1.807) is 0 Å². The summed E-state index contributed by atoms with van der Waals surface area (Å²) in [6.07, 6.45) is 3.77. The smallest absolute Gasteiger partial charge is 0.309 e. The molecular weight excluding hydrogens is 422 g/mol. The van der Waals surface area contributed by atoms with Gasteiger partial charge in [0.2, 0.25) is 5.95 Å². The summed E-state index contributed by atoms with van der Waals surface area (Å²) in [7, 11) is 1.43. The van der Waals surface area contributed by atoms with Crippen LogP contribution in [0.15, 0.2) is 36.4 Å². The highest BCUT2D eigenvalue weighted by atomic mass is 16.5. The second-order valence-corrected chi connectivity index (χ2v) is 11.3. The predicted octanol–water partition coefficient (Wildman–Crippen LogP) is 7.31. The van der Waals surface area contributed by atoms with E-state index in [0.717, 1.165) is 46.6 Å². The van der Waals surface area contributed by atoms with Gasteiger partial charge in [0.05, 0.1) is 24.6 Å². The number of aryl methyl sites for hydroxylation is 1. The third-order valence-corrected chi connectivity index (χ3v) is 7.27. The van der Waals surface area contributed by atoms with E-state index in [2.05, 4.69) is 87.8 Å². The van der Waals surface area contributed by atoms with Crippen LogP contribution in [-0.4, -0.2) is 22.6 Å². The van der Waals surface area contributed by atoms with Crippen LogP contribution < -0.4 is 5.32 Å². The Bertz CT molecular complexity index is 1170. The SMILES string of the molecule is COC(=O)Cc1cc2nc(Nc3ccc(C(C)C)cc3)n([C@H]3C[C@@H](C)CC(C)(C)C3)c2cc1C. The van der Waals surface area contributed by atoms with Crippen molar-refractivity contribution in [3.8, 4) is 0 Å². The number of nitrogens with zero attached hydrogens (tertiary/aromatic N) is 2. The highest BCUT2D eigenvalue weighted by Crippen LogP contribution is 2.46. The van der Waals surface area contributed by atoms with E-state index in [0.29, 0.717) is 17.9 Å². The summed E-state index contributed by atoms with van der Waals surface area (Å²) >= 11 is 0. The number of carbonyl (C=O) groups is 1. The Kier molecular flexibility index (Phi) is 6.75. The molecule has 1 aliphatic rings. The fraction of sp³-hybridized carbons (Fsp3) is 0.517. The number of imidazole rings is 1. The number of nitrogens with one attached hydrogen (secondary N) is 1. The maximum Gasteiger partial charge on any atom is 0.309 e. The number of rotatable bonds is 6. The summed E-state index contributed by atoms with van der Waals surface area (Å²) in [4.78, 5) is 17.0. The third kappa shape index (κ3) is 5.13. The van der Waals surface area contributed by atoms with Gasteiger partial charge in [-0.15, -0.1) is 0 Å². The topological polar surface area (TPSA) is 56.1 Å². The van der Waals surface area contributed by atoms with Crippen molar-refractivity contribution < 1.29 is 9.53 Å². The van der Waals surface area contributed by atoms with E-state index in [-0.39, 0.29) is 17.8 Å². The molecule has 3 aromatic rings. The summed E-state index contributed by atoms with van der Waals surface area (Å²) < 4.78 is 7.32. The lowest BCUT2D eigenvalue weighted by Gasteiger charge is -2.40. The second-order valence-electron chi connectivity index (χ2n) is 11.3. The zero-order valence-electron chi connectivity index (χ0n) is 21.7. The average Bonchev–Trinajstić information content (AvgIpc) is 3.09. The minimum atomic E-state index is -0.228. The van der Waals surface area contributed by atoms with Crippen LogP contribution in [0.3, 0.4) is 0 Å². The Morgan fingerprint density at radius 2 is 1.91 bits per heavy atom. The standard InChI is InChI=1S/C29H39N3O2/c1-18(2)21-8-10-23(11-9-21)30-28-31-25-14-22(15-27(33)34-7)20(4)13-26(25)32(28)24-12-19(3)16-29(5,6)17-24/h8-11,13-14,18-19,24H,12,15-17H2,1-7H3,(H,30,31)/t19-,24+/m1/s1. The van der Waals surface area contributed by atoms with Crippen LogP contribution >= 0.6 is 0 Å². The molecule has 5 heteroatoms. The number of carbonyl (C=O) groups excluding carboxylic acids is 1. The fourth-order valence-corrected chi connectivity index (χ4v) is 5.74. The largest absolute Gasteiger partial charge is 0.469 e. The first-order valence-electron chi connectivity index (χ1n) is 12.5. The van der Waals surface area contributed by atoms with Gasteiger partial charge in [-0.25, -0.2) is 4.98 Å². The fourth-order valence-electron chi connectivity index (χ4n) is 5.74. The lowest BCUT2D eigenvalue weighted by atomic mass is 9.70. The summed E-state index contributed by atoms with van der Waals surface area (Å²) in [6, 6.07) is 13.3. The molecule has 1 aromatic heterocycles. The molecule has 182 valence electrons. The number of hydrogen-bond acceptors (Lipinski definition) is 4. The molecule has 0 amide bonds. The van der Waals surface area contributed by atoms with E-state index < -0.39 is 0 Å². The number of hydrogen-bond donors (Lipinski definition) is 1. The van der Waals surface area contributed by atoms with Crippen LogP contribution in [0, 0.1) is 18.3 Å².